The topological polar surface area (TPSA) is 56.7 Å². The number of carbonyl (C=O) groups is 1. The van der Waals surface area contributed by atoms with Crippen LogP contribution in [0.5, 0.6) is 5.75 Å². The van der Waals surface area contributed by atoms with Crippen molar-refractivity contribution < 1.29 is 9.90 Å². The molecule has 3 rings (SSSR count). The van der Waals surface area contributed by atoms with Crippen LogP contribution in [0.1, 0.15) is 23.2 Å². The molecular weight excluding hydrogens is 278 g/mol. The van der Waals surface area contributed by atoms with Crippen molar-refractivity contribution in [1.82, 2.24) is 4.98 Å². The second-order valence-corrected chi connectivity index (χ2v) is 5.45. The molecule has 0 bridgehead atoms. The molecule has 1 saturated heterocycles. The van der Waals surface area contributed by atoms with Gasteiger partial charge in [-0.25, -0.2) is 4.98 Å². The Morgan fingerprint density at radius 1 is 1.18 bits per heavy atom. The van der Waals surface area contributed by atoms with E-state index in [4.69, 9.17) is 0 Å². The molecule has 2 heterocycles. The summed E-state index contributed by atoms with van der Waals surface area (Å²) in [5.74, 6) is 0.847. The first-order chi connectivity index (χ1) is 10.7. The van der Waals surface area contributed by atoms with Gasteiger partial charge in [0.2, 0.25) is 0 Å². The maximum atomic E-state index is 12.8. The lowest BCUT2D eigenvalue weighted by Gasteiger charge is -2.23. The number of hydrogen-bond acceptors (Lipinski definition) is 4. The van der Waals surface area contributed by atoms with Crippen LogP contribution in [0, 0.1) is 0 Å². The third kappa shape index (κ3) is 2.74. The lowest BCUT2D eigenvalue weighted by Crippen LogP contribution is -2.29. The van der Waals surface area contributed by atoms with Crippen molar-refractivity contribution in [2.45, 2.75) is 12.8 Å². The van der Waals surface area contributed by atoms with Gasteiger partial charge >= 0.3 is 0 Å². The summed E-state index contributed by atoms with van der Waals surface area (Å²) in [5.41, 5.74) is 1.35. The number of phenols is 1. The molecule has 0 unspecified atom stereocenters. The minimum absolute atomic E-state index is 0.0966. The van der Waals surface area contributed by atoms with Crippen molar-refractivity contribution >= 4 is 17.4 Å². The van der Waals surface area contributed by atoms with Gasteiger partial charge in [-0.3, -0.25) is 4.79 Å². The van der Waals surface area contributed by atoms with Gasteiger partial charge in [0.1, 0.15) is 11.6 Å². The summed E-state index contributed by atoms with van der Waals surface area (Å²) in [5, 5.41) is 9.36. The average Bonchev–Trinajstić information content (AvgIpc) is 3.08. The van der Waals surface area contributed by atoms with Crippen LogP contribution in [-0.2, 0) is 0 Å². The van der Waals surface area contributed by atoms with E-state index in [0.717, 1.165) is 37.4 Å². The Hall–Kier alpha value is -2.56. The molecule has 5 heteroatoms. The SMILES string of the molecule is CN(C(=O)c1cccnc1N1CCCC1)c1ccc(O)cc1. The third-order valence-electron chi connectivity index (χ3n) is 3.96. The monoisotopic (exact) mass is 297 g/mol. The zero-order chi connectivity index (χ0) is 15.5. The number of carbonyl (C=O) groups excluding carboxylic acids is 1. The smallest absolute Gasteiger partial charge is 0.261 e. The molecule has 1 amide bonds. The Morgan fingerprint density at radius 3 is 2.55 bits per heavy atom. The van der Waals surface area contributed by atoms with Gasteiger partial charge in [0, 0.05) is 32.0 Å². The van der Waals surface area contributed by atoms with Gasteiger partial charge in [0.15, 0.2) is 0 Å². The first-order valence-electron chi connectivity index (χ1n) is 7.44. The van der Waals surface area contributed by atoms with Crippen LogP contribution >= 0.6 is 0 Å². The van der Waals surface area contributed by atoms with E-state index in [9.17, 15) is 9.90 Å². The highest BCUT2D eigenvalue weighted by Crippen LogP contribution is 2.25. The Labute approximate surface area is 129 Å². The van der Waals surface area contributed by atoms with E-state index in [1.54, 1.807) is 48.5 Å². The first-order valence-corrected chi connectivity index (χ1v) is 7.44. The number of phenolic OH excluding ortho intramolecular Hbond substituents is 1. The molecule has 5 nitrogen and oxygen atoms in total. The van der Waals surface area contributed by atoms with Gasteiger partial charge in [-0.1, -0.05) is 0 Å². The van der Waals surface area contributed by atoms with Crippen molar-refractivity contribution in [2.24, 2.45) is 0 Å². The number of hydrogen-bond donors (Lipinski definition) is 1. The Balaban J connectivity index is 1.90. The summed E-state index contributed by atoms with van der Waals surface area (Å²) >= 11 is 0. The molecule has 1 N–H and O–H groups in total. The molecule has 22 heavy (non-hydrogen) atoms. The number of pyridine rings is 1. The summed E-state index contributed by atoms with van der Waals surface area (Å²) < 4.78 is 0. The molecule has 1 aromatic heterocycles. The van der Waals surface area contributed by atoms with Crippen LogP contribution in [0.15, 0.2) is 42.6 Å². The van der Waals surface area contributed by atoms with Crippen molar-refractivity contribution in [3.63, 3.8) is 0 Å². The van der Waals surface area contributed by atoms with E-state index < -0.39 is 0 Å². The predicted molar refractivity (Wildman–Crippen MR) is 86.5 cm³/mol. The molecule has 2 aromatic rings. The quantitative estimate of drug-likeness (QED) is 0.946. The van der Waals surface area contributed by atoms with Crippen molar-refractivity contribution in [3.8, 4) is 5.75 Å². The van der Waals surface area contributed by atoms with E-state index >= 15 is 0 Å². The summed E-state index contributed by atoms with van der Waals surface area (Å²) in [6, 6.07) is 10.2. The Kier molecular flexibility index (Phi) is 3.96. The van der Waals surface area contributed by atoms with Crippen LogP contribution < -0.4 is 9.80 Å². The lowest BCUT2D eigenvalue weighted by atomic mass is 10.2. The zero-order valence-electron chi connectivity index (χ0n) is 12.6. The van der Waals surface area contributed by atoms with E-state index in [0.29, 0.717) is 5.56 Å². The highest BCUT2D eigenvalue weighted by atomic mass is 16.3. The highest BCUT2D eigenvalue weighted by Gasteiger charge is 2.23. The van der Waals surface area contributed by atoms with E-state index in [1.807, 2.05) is 6.07 Å². The molecule has 0 spiro atoms. The van der Waals surface area contributed by atoms with Crippen molar-refractivity contribution in [3.05, 3.63) is 48.2 Å². The van der Waals surface area contributed by atoms with Crippen LogP contribution in [0.4, 0.5) is 11.5 Å². The third-order valence-corrected chi connectivity index (χ3v) is 3.96. The number of aromatic nitrogens is 1. The maximum absolute atomic E-state index is 12.8. The fourth-order valence-corrected chi connectivity index (χ4v) is 2.72. The van der Waals surface area contributed by atoms with Crippen LogP contribution in [0.25, 0.3) is 0 Å². The lowest BCUT2D eigenvalue weighted by molar-refractivity contribution is 0.0993. The van der Waals surface area contributed by atoms with Gasteiger partial charge < -0.3 is 14.9 Å². The molecular formula is C17H19N3O2. The van der Waals surface area contributed by atoms with E-state index in [-0.39, 0.29) is 11.7 Å². The van der Waals surface area contributed by atoms with Crippen molar-refractivity contribution in [1.29, 1.82) is 0 Å². The fraction of sp³-hybridized carbons (Fsp3) is 0.294. The molecule has 114 valence electrons. The van der Waals surface area contributed by atoms with Gasteiger partial charge in [-0.2, -0.15) is 0 Å². The van der Waals surface area contributed by atoms with Gasteiger partial charge in [0.25, 0.3) is 5.91 Å². The van der Waals surface area contributed by atoms with E-state index in [1.165, 1.54) is 0 Å². The second kappa shape index (κ2) is 6.05. The Bertz CT molecular complexity index is 664. The molecule has 0 radical (unpaired) electrons. The first kappa shape index (κ1) is 14.4. The number of rotatable bonds is 3. The standard InChI is InChI=1S/C17H19N3O2/c1-19(13-6-8-14(21)9-7-13)17(22)15-5-4-10-18-16(15)20-11-2-3-12-20/h4-10,21H,2-3,11-12H2,1H3. The number of nitrogens with zero attached hydrogens (tertiary/aromatic N) is 3. The Morgan fingerprint density at radius 2 is 1.86 bits per heavy atom. The molecule has 1 fully saturated rings. The number of aromatic hydroxyl groups is 1. The summed E-state index contributed by atoms with van der Waals surface area (Å²) in [7, 11) is 1.73. The van der Waals surface area contributed by atoms with Crippen LogP contribution in [-0.4, -0.2) is 36.1 Å². The summed E-state index contributed by atoms with van der Waals surface area (Å²) in [6.45, 7) is 1.89. The van der Waals surface area contributed by atoms with E-state index in [2.05, 4.69) is 9.88 Å². The minimum atomic E-state index is -0.0966. The second-order valence-electron chi connectivity index (χ2n) is 5.45. The number of amides is 1. The molecule has 1 aliphatic rings. The minimum Gasteiger partial charge on any atom is -0.508 e. The maximum Gasteiger partial charge on any atom is 0.261 e. The van der Waals surface area contributed by atoms with Gasteiger partial charge in [0.05, 0.1) is 5.56 Å². The normalized spacial score (nSPS) is 14.1. The summed E-state index contributed by atoms with van der Waals surface area (Å²) in [6.07, 6.45) is 4.00. The molecule has 0 atom stereocenters. The average molecular weight is 297 g/mol. The largest absolute Gasteiger partial charge is 0.508 e. The molecule has 1 aliphatic heterocycles. The van der Waals surface area contributed by atoms with Gasteiger partial charge in [-0.05, 0) is 49.2 Å². The highest BCUT2D eigenvalue weighted by molar-refractivity contribution is 6.08. The van der Waals surface area contributed by atoms with Crippen molar-refractivity contribution in [2.75, 3.05) is 29.9 Å². The molecule has 1 aromatic carbocycles. The molecule has 0 saturated carbocycles. The van der Waals surface area contributed by atoms with Gasteiger partial charge in [-0.15, -0.1) is 0 Å². The van der Waals surface area contributed by atoms with Crippen LogP contribution in [0.3, 0.4) is 0 Å². The van der Waals surface area contributed by atoms with Crippen LogP contribution in [0.2, 0.25) is 0 Å². The summed E-state index contributed by atoms with van der Waals surface area (Å²) in [4.78, 5) is 21.0. The fourth-order valence-electron chi connectivity index (χ4n) is 2.72. The predicted octanol–water partition coefficient (Wildman–Crippen LogP) is 2.66. The molecule has 0 aliphatic carbocycles. The number of benzene rings is 1. The zero-order valence-corrected chi connectivity index (χ0v) is 12.6. The number of anilines is 2.